The molecule has 0 aromatic heterocycles. The van der Waals surface area contributed by atoms with Crippen molar-refractivity contribution in [1.29, 1.82) is 0 Å². The quantitative estimate of drug-likeness (QED) is 0.551. The van der Waals surface area contributed by atoms with Crippen LogP contribution in [-0.2, 0) is 5.66 Å². The van der Waals surface area contributed by atoms with Crippen LogP contribution < -0.4 is 5.19 Å². The van der Waals surface area contributed by atoms with Crippen LogP contribution in [-0.4, -0.2) is 46.2 Å². The molecule has 3 heteroatoms. The van der Waals surface area contributed by atoms with Crippen molar-refractivity contribution in [2.45, 2.75) is 40.3 Å². The summed E-state index contributed by atoms with van der Waals surface area (Å²) in [5.74, 6) is 0. The lowest BCUT2D eigenvalue weighted by Crippen LogP contribution is -2.57. The Morgan fingerprint density at radius 2 is 1.32 bits per heavy atom. The lowest BCUT2D eigenvalue weighted by molar-refractivity contribution is -0.0404. The molecule has 1 aromatic carbocycles. The molecule has 0 amide bonds. The summed E-state index contributed by atoms with van der Waals surface area (Å²) in [4.78, 5) is 5.16. The van der Waals surface area contributed by atoms with Gasteiger partial charge in [-0.25, -0.2) is 0 Å². The Labute approximate surface area is 122 Å². The van der Waals surface area contributed by atoms with Gasteiger partial charge in [-0.1, -0.05) is 57.1 Å². The first-order valence-electron chi connectivity index (χ1n) is 7.62. The smallest absolute Gasteiger partial charge is 0.0969 e. The normalized spacial score (nSPS) is 12.6. The Bertz CT molecular complexity index is 372. The summed E-state index contributed by atoms with van der Waals surface area (Å²) in [5, 5.41) is 1.52. The summed E-state index contributed by atoms with van der Waals surface area (Å²) in [7, 11) is 1.10. The molecule has 0 aliphatic heterocycles. The van der Waals surface area contributed by atoms with Crippen LogP contribution in [0.1, 0.15) is 40.2 Å². The minimum atomic E-state index is 0.0192. The molecule has 0 N–H and O–H groups in total. The van der Waals surface area contributed by atoms with E-state index in [-0.39, 0.29) is 5.66 Å². The van der Waals surface area contributed by atoms with Gasteiger partial charge < -0.3 is 0 Å². The monoisotopic (exact) mass is 278 g/mol. The number of hydrogen-bond donors (Lipinski definition) is 0. The van der Waals surface area contributed by atoms with Crippen molar-refractivity contribution in [2.75, 3.05) is 26.2 Å². The number of rotatable bonds is 7. The van der Waals surface area contributed by atoms with Gasteiger partial charge in [0.05, 0.1) is 5.66 Å². The van der Waals surface area contributed by atoms with Crippen molar-refractivity contribution in [3.8, 4) is 0 Å². The summed E-state index contributed by atoms with van der Waals surface area (Å²) in [5.41, 5.74) is 1.51. The fourth-order valence-electron chi connectivity index (χ4n) is 3.32. The molecule has 1 aromatic rings. The largest absolute Gasteiger partial charge is 0.282 e. The zero-order chi connectivity index (χ0) is 14.5. The maximum atomic E-state index is 2.58. The Morgan fingerprint density at radius 3 is 1.68 bits per heavy atom. The molecular formula is C16H30N2Si. The van der Waals surface area contributed by atoms with Crippen LogP contribution in [0.4, 0.5) is 0 Å². The summed E-state index contributed by atoms with van der Waals surface area (Å²) in [6.45, 7) is 15.8. The molecule has 2 nitrogen and oxygen atoms in total. The molecule has 0 spiro atoms. The van der Waals surface area contributed by atoms with Gasteiger partial charge in [0.1, 0.15) is 0 Å². The molecule has 0 aliphatic carbocycles. The molecule has 0 unspecified atom stereocenters. The highest BCUT2D eigenvalue weighted by Crippen LogP contribution is 2.30. The van der Waals surface area contributed by atoms with Crippen LogP contribution in [0.25, 0.3) is 0 Å². The third kappa shape index (κ3) is 3.10. The lowest BCUT2D eigenvalue weighted by atomic mass is 9.96. The van der Waals surface area contributed by atoms with E-state index in [4.69, 9.17) is 0 Å². The van der Waals surface area contributed by atoms with Gasteiger partial charge in [-0.2, -0.15) is 0 Å². The van der Waals surface area contributed by atoms with Crippen LogP contribution in [0.2, 0.25) is 0 Å². The van der Waals surface area contributed by atoms with E-state index in [2.05, 4.69) is 68.7 Å². The molecule has 0 fully saturated rings. The van der Waals surface area contributed by atoms with Crippen molar-refractivity contribution >= 4 is 15.4 Å². The standard InChI is InChI=1S/C16H30N2Si/c1-6-17(7-2)16(5,18(8-3)9-4)14-12-10-11-13-15(14)19/h10-13H,6-9H2,1-5,19H3. The second-order valence-electron chi connectivity index (χ2n) is 5.18. The molecule has 0 saturated heterocycles. The lowest BCUT2D eigenvalue weighted by Gasteiger charge is -2.49. The number of benzene rings is 1. The Hall–Kier alpha value is -0.643. The maximum Gasteiger partial charge on any atom is 0.0969 e. The van der Waals surface area contributed by atoms with E-state index in [1.807, 2.05) is 0 Å². The minimum absolute atomic E-state index is 0.0192. The van der Waals surface area contributed by atoms with Crippen LogP contribution in [0.3, 0.4) is 0 Å². The highest BCUT2D eigenvalue weighted by molar-refractivity contribution is 6.33. The molecule has 1 rings (SSSR count). The molecule has 0 saturated carbocycles. The van der Waals surface area contributed by atoms with E-state index in [1.54, 1.807) is 0 Å². The van der Waals surface area contributed by atoms with Crippen molar-refractivity contribution in [3.05, 3.63) is 29.8 Å². The molecular weight excluding hydrogens is 248 g/mol. The topological polar surface area (TPSA) is 6.48 Å². The fraction of sp³-hybridized carbons (Fsp3) is 0.625. The van der Waals surface area contributed by atoms with Gasteiger partial charge in [0.2, 0.25) is 0 Å². The number of hydrogen-bond acceptors (Lipinski definition) is 2. The second-order valence-corrected chi connectivity index (χ2v) is 6.26. The molecule has 19 heavy (non-hydrogen) atoms. The average Bonchev–Trinajstić information content (AvgIpc) is 2.41. The van der Waals surface area contributed by atoms with E-state index in [1.165, 1.54) is 10.8 Å². The zero-order valence-corrected chi connectivity index (χ0v) is 15.5. The maximum absolute atomic E-state index is 2.58. The highest BCUT2D eigenvalue weighted by atomic mass is 28.1. The average molecular weight is 279 g/mol. The van der Waals surface area contributed by atoms with E-state index in [0.29, 0.717) is 0 Å². The predicted octanol–water partition coefficient (Wildman–Crippen LogP) is 1.53. The van der Waals surface area contributed by atoms with Crippen molar-refractivity contribution < 1.29 is 0 Å². The molecule has 0 atom stereocenters. The van der Waals surface area contributed by atoms with Gasteiger partial charge in [-0.15, -0.1) is 0 Å². The highest BCUT2D eigenvalue weighted by Gasteiger charge is 2.37. The molecule has 0 aliphatic rings. The van der Waals surface area contributed by atoms with Gasteiger partial charge in [0, 0.05) is 10.2 Å². The zero-order valence-electron chi connectivity index (χ0n) is 13.5. The SMILES string of the molecule is CCN(CC)C(C)(c1ccccc1[SiH3])N(CC)CC. The number of nitrogens with zero attached hydrogens (tertiary/aromatic N) is 2. The van der Waals surface area contributed by atoms with Crippen LogP contribution in [0.15, 0.2) is 24.3 Å². The van der Waals surface area contributed by atoms with Gasteiger partial charge in [-0.05, 0) is 38.7 Å². The Balaban J connectivity index is 3.37. The van der Waals surface area contributed by atoms with Gasteiger partial charge in [0.25, 0.3) is 0 Å². The third-order valence-corrected chi connectivity index (χ3v) is 5.29. The second kappa shape index (κ2) is 7.22. The van der Waals surface area contributed by atoms with Crippen LogP contribution in [0, 0.1) is 0 Å². The Kier molecular flexibility index (Phi) is 6.24. The van der Waals surface area contributed by atoms with Gasteiger partial charge >= 0.3 is 0 Å². The molecule has 0 heterocycles. The third-order valence-electron chi connectivity index (χ3n) is 4.41. The van der Waals surface area contributed by atoms with Crippen molar-refractivity contribution in [3.63, 3.8) is 0 Å². The molecule has 0 bridgehead atoms. The first-order chi connectivity index (χ1) is 9.05. The first kappa shape index (κ1) is 16.4. The van der Waals surface area contributed by atoms with Gasteiger partial charge in [0.15, 0.2) is 0 Å². The fourth-order valence-corrected chi connectivity index (χ4v) is 4.16. The van der Waals surface area contributed by atoms with E-state index >= 15 is 0 Å². The molecule has 0 radical (unpaired) electrons. The Morgan fingerprint density at radius 1 is 0.895 bits per heavy atom. The van der Waals surface area contributed by atoms with Crippen molar-refractivity contribution in [1.82, 2.24) is 9.80 Å². The minimum Gasteiger partial charge on any atom is -0.282 e. The van der Waals surface area contributed by atoms with E-state index in [9.17, 15) is 0 Å². The summed E-state index contributed by atoms with van der Waals surface area (Å²) >= 11 is 0. The van der Waals surface area contributed by atoms with E-state index in [0.717, 1.165) is 36.4 Å². The van der Waals surface area contributed by atoms with Crippen molar-refractivity contribution in [2.24, 2.45) is 0 Å². The predicted molar refractivity (Wildman–Crippen MR) is 89.2 cm³/mol. The van der Waals surface area contributed by atoms with Crippen LogP contribution in [0.5, 0.6) is 0 Å². The summed E-state index contributed by atoms with van der Waals surface area (Å²) in [6.07, 6.45) is 0. The van der Waals surface area contributed by atoms with E-state index < -0.39 is 0 Å². The van der Waals surface area contributed by atoms with Gasteiger partial charge in [-0.3, -0.25) is 9.80 Å². The molecule has 108 valence electrons. The summed E-state index contributed by atoms with van der Waals surface area (Å²) in [6, 6.07) is 8.95. The van der Waals surface area contributed by atoms with Crippen LogP contribution >= 0.6 is 0 Å². The first-order valence-corrected chi connectivity index (χ1v) is 8.62. The summed E-state index contributed by atoms with van der Waals surface area (Å²) < 4.78 is 0.